The fraction of sp³-hybridized carbons (Fsp3) is 0.462. The van der Waals surface area contributed by atoms with Gasteiger partial charge in [0.1, 0.15) is 0 Å². The van der Waals surface area contributed by atoms with E-state index >= 15 is 0 Å². The number of nitro groups is 1. The van der Waals surface area contributed by atoms with Gasteiger partial charge in [-0.3, -0.25) is 10.1 Å². The van der Waals surface area contributed by atoms with Gasteiger partial charge in [0.25, 0.3) is 0 Å². The lowest BCUT2D eigenvalue weighted by molar-refractivity contribution is -0.385. The molecule has 1 aromatic carbocycles. The molecule has 0 aliphatic heterocycles. The molecule has 0 spiro atoms. The summed E-state index contributed by atoms with van der Waals surface area (Å²) in [4.78, 5) is 21.9. The molecule has 0 saturated carbocycles. The quantitative estimate of drug-likeness (QED) is 0.468. The van der Waals surface area contributed by atoms with Crippen molar-refractivity contribution >= 4 is 27.6 Å². The standard InChI is InChI=1S/C11H12BrNO5.C2H6/c1-6(2)18-11(14)7-4-8(12)10(17-3)9(5-7)13(15)16;1-2/h4-6H,1-3H3;1-2H3. The fourth-order valence-electron chi connectivity index (χ4n) is 1.32. The van der Waals surface area contributed by atoms with Crippen molar-refractivity contribution < 1.29 is 19.2 Å². The summed E-state index contributed by atoms with van der Waals surface area (Å²) in [6.07, 6.45) is -0.294. The molecule has 112 valence electrons. The zero-order valence-electron chi connectivity index (χ0n) is 12.1. The highest BCUT2D eigenvalue weighted by molar-refractivity contribution is 9.10. The number of carbonyl (C=O) groups is 1. The second-order valence-corrected chi connectivity index (χ2v) is 4.58. The largest absolute Gasteiger partial charge is 0.489 e. The third kappa shape index (κ3) is 4.80. The van der Waals surface area contributed by atoms with Crippen molar-refractivity contribution in [2.45, 2.75) is 33.8 Å². The molecular formula is C13H18BrNO5. The van der Waals surface area contributed by atoms with Gasteiger partial charge < -0.3 is 9.47 Å². The highest BCUT2D eigenvalue weighted by Gasteiger charge is 2.22. The van der Waals surface area contributed by atoms with Gasteiger partial charge in [0.15, 0.2) is 0 Å². The number of ether oxygens (including phenoxy) is 2. The molecule has 1 rings (SSSR count). The molecule has 0 bridgehead atoms. The summed E-state index contributed by atoms with van der Waals surface area (Å²) in [7, 11) is 1.32. The van der Waals surface area contributed by atoms with E-state index in [4.69, 9.17) is 9.47 Å². The topological polar surface area (TPSA) is 78.7 Å². The molecule has 0 N–H and O–H groups in total. The molecule has 0 unspecified atom stereocenters. The summed E-state index contributed by atoms with van der Waals surface area (Å²) in [6.45, 7) is 7.40. The van der Waals surface area contributed by atoms with Crippen molar-refractivity contribution in [2.24, 2.45) is 0 Å². The van der Waals surface area contributed by atoms with Crippen LogP contribution < -0.4 is 4.74 Å². The normalized spacial score (nSPS) is 9.55. The predicted molar refractivity (Wildman–Crippen MR) is 79.2 cm³/mol. The highest BCUT2D eigenvalue weighted by atomic mass is 79.9. The number of nitro benzene ring substituents is 1. The summed E-state index contributed by atoms with van der Waals surface area (Å²) < 4.78 is 10.2. The van der Waals surface area contributed by atoms with Gasteiger partial charge >= 0.3 is 11.7 Å². The van der Waals surface area contributed by atoms with E-state index in [1.165, 1.54) is 13.2 Å². The monoisotopic (exact) mass is 347 g/mol. The zero-order valence-corrected chi connectivity index (χ0v) is 13.7. The Labute approximate surface area is 126 Å². The molecule has 20 heavy (non-hydrogen) atoms. The van der Waals surface area contributed by atoms with E-state index in [9.17, 15) is 14.9 Å². The number of carbonyl (C=O) groups excluding carboxylic acids is 1. The van der Waals surface area contributed by atoms with Gasteiger partial charge in [-0.1, -0.05) is 13.8 Å². The van der Waals surface area contributed by atoms with Crippen LogP contribution in [0.1, 0.15) is 38.1 Å². The lowest BCUT2D eigenvalue weighted by atomic mass is 10.2. The summed E-state index contributed by atoms with van der Waals surface area (Å²) >= 11 is 3.12. The Morgan fingerprint density at radius 2 is 1.90 bits per heavy atom. The maximum atomic E-state index is 11.7. The lowest BCUT2D eigenvalue weighted by Crippen LogP contribution is -2.12. The molecule has 0 aliphatic carbocycles. The Hall–Kier alpha value is -1.63. The van der Waals surface area contributed by atoms with Crippen LogP contribution in [0.25, 0.3) is 0 Å². The SMILES string of the molecule is CC.COc1c(Br)cc(C(=O)OC(C)C)cc1[N+](=O)[O-]. The van der Waals surface area contributed by atoms with Crippen molar-refractivity contribution in [3.63, 3.8) is 0 Å². The first-order valence-corrected chi connectivity index (χ1v) is 6.89. The third-order valence-corrected chi connectivity index (χ3v) is 2.59. The van der Waals surface area contributed by atoms with Gasteiger partial charge in [0, 0.05) is 6.07 Å². The predicted octanol–water partition coefficient (Wildman–Crippen LogP) is 3.96. The molecule has 0 aliphatic rings. The zero-order chi connectivity index (χ0) is 15.9. The highest BCUT2D eigenvalue weighted by Crippen LogP contribution is 2.36. The summed E-state index contributed by atoms with van der Waals surface area (Å²) in [5, 5.41) is 10.9. The molecule has 7 heteroatoms. The van der Waals surface area contributed by atoms with Gasteiger partial charge in [-0.15, -0.1) is 0 Å². The minimum Gasteiger partial charge on any atom is -0.489 e. The van der Waals surface area contributed by atoms with Crippen molar-refractivity contribution in [1.29, 1.82) is 0 Å². The van der Waals surface area contributed by atoms with Crippen LogP contribution in [-0.4, -0.2) is 24.1 Å². The van der Waals surface area contributed by atoms with Gasteiger partial charge in [-0.05, 0) is 35.8 Å². The van der Waals surface area contributed by atoms with Gasteiger partial charge in [0.2, 0.25) is 5.75 Å². The van der Waals surface area contributed by atoms with Crippen molar-refractivity contribution in [3.05, 3.63) is 32.3 Å². The molecule has 0 radical (unpaired) electrons. The van der Waals surface area contributed by atoms with E-state index < -0.39 is 10.9 Å². The number of halogens is 1. The Morgan fingerprint density at radius 1 is 1.35 bits per heavy atom. The molecule has 6 nitrogen and oxygen atoms in total. The van der Waals surface area contributed by atoms with Crippen LogP contribution in [0.5, 0.6) is 5.75 Å². The van der Waals surface area contributed by atoms with Crippen molar-refractivity contribution in [3.8, 4) is 5.75 Å². The number of hydrogen-bond acceptors (Lipinski definition) is 5. The minimum absolute atomic E-state index is 0.0705. The number of hydrogen-bond donors (Lipinski definition) is 0. The maximum absolute atomic E-state index is 11.7. The third-order valence-electron chi connectivity index (χ3n) is 2.00. The van der Waals surface area contributed by atoms with E-state index in [0.717, 1.165) is 6.07 Å². The van der Waals surface area contributed by atoms with Gasteiger partial charge in [-0.2, -0.15) is 0 Å². The average Bonchev–Trinajstić information content (AvgIpc) is 2.39. The molecule has 0 atom stereocenters. The lowest BCUT2D eigenvalue weighted by Gasteiger charge is -2.10. The number of benzene rings is 1. The fourth-order valence-corrected chi connectivity index (χ4v) is 1.93. The Bertz CT molecular complexity index is 488. The molecule has 0 saturated heterocycles. The second-order valence-electron chi connectivity index (χ2n) is 3.72. The maximum Gasteiger partial charge on any atom is 0.338 e. The van der Waals surface area contributed by atoms with E-state index in [1.54, 1.807) is 13.8 Å². The number of esters is 1. The van der Waals surface area contributed by atoms with Crippen molar-refractivity contribution in [2.75, 3.05) is 7.11 Å². The molecule has 0 amide bonds. The van der Waals surface area contributed by atoms with Crippen LogP contribution in [0.2, 0.25) is 0 Å². The molecule has 0 aromatic heterocycles. The second kappa shape index (κ2) is 8.52. The van der Waals surface area contributed by atoms with E-state index in [1.807, 2.05) is 13.8 Å². The number of rotatable bonds is 4. The van der Waals surface area contributed by atoms with Crippen LogP contribution in [0, 0.1) is 10.1 Å². The molecular weight excluding hydrogens is 330 g/mol. The first kappa shape index (κ1) is 18.4. The first-order valence-electron chi connectivity index (χ1n) is 6.09. The minimum atomic E-state index is -0.615. The molecule has 0 fully saturated rings. The summed E-state index contributed by atoms with van der Waals surface area (Å²) in [5.74, 6) is -0.544. The van der Waals surface area contributed by atoms with E-state index in [0.29, 0.717) is 4.47 Å². The Kier molecular flexibility index (Phi) is 7.83. The first-order chi connectivity index (χ1) is 9.36. The number of methoxy groups -OCH3 is 1. The average molecular weight is 348 g/mol. The van der Waals surface area contributed by atoms with E-state index in [-0.39, 0.29) is 23.1 Å². The summed E-state index contributed by atoms with van der Waals surface area (Å²) in [5.41, 5.74) is -0.189. The van der Waals surface area contributed by atoms with Crippen LogP contribution in [0.3, 0.4) is 0 Å². The van der Waals surface area contributed by atoms with Crippen LogP contribution in [0.15, 0.2) is 16.6 Å². The van der Waals surface area contributed by atoms with Gasteiger partial charge in [0.05, 0.1) is 28.2 Å². The van der Waals surface area contributed by atoms with E-state index in [2.05, 4.69) is 15.9 Å². The summed E-state index contributed by atoms with van der Waals surface area (Å²) in [6, 6.07) is 2.56. The van der Waals surface area contributed by atoms with Gasteiger partial charge in [-0.25, -0.2) is 4.79 Å². The Balaban J connectivity index is 0.00000172. The smallest absolute Gasteiger partial charge is 0.338 e. The molecule has 0 heterocycles. The van der Waals surface area contributed by atoms with Crippen molar-refractivity contribution in [1.82, 2.24) is 0 Å². The molecule has 1 aromatic rings. The van der Waals surface area contributed by atoms with Crippen LogP contribution >= 0.6 is 15.9 Å². The van der Waals surface area contributed by atoms with Crippen LogP contribution in [-0.2, 0) is 4.74 Å². The Morgan fingerprint density at radius 3 is 2.30 bits per heavy atom. The van der Waals surface area contributed by atoms with Crippen LogP contribution in [0.4, 0.5) is 5.69 Å². The number of nitrogens with zero attached hydrogens (tertiary/aromatic N) is 1.